The lowest BCUT2D eigenvalue weighted by molar-refractivity contribution is -0.135. The largest absolute Gasteiger partial charge is 0.478 e. The van der Waals surface area contributed by atoms with Crippen LogP contribution in [0, 0.1) is 17.8 Å². The van der Waals surface area contributed by atoms with E-state index >= 15 is 0 Å². The fraction of sp³-hybridized carbons (Fsp3) is 0.545. The summed E-state index contributed by atoms with van der Waals surface area (Å²) >= 11 is 1.09. The third-order valence-electron chi connectivity index (χ3n) is 6.68. The van der Waals surface area contributed by atoms with Crippen molar-refractivity contribution in [1.82, 2.24) is 19.6 Å². The summed E-state index contributed by atoms with van der Waals surface area (Å²) in [6.45, 7) is 6.04. The van der Waals surface area contributed by atoms with Crippen LogP contribution in [0.4, 0.5) is 5.13 Å². The van der Waals surface area contributed by atoms with Gasteiger partial charge < -0.3 is 20.1 Å². The molecule has 34 heavy (non-hydrogen) atoms. The molecule has 1 aromatic heterocycles. The van der Waals surface area contributed by atoms with Gasteiger partial charge in [0.15, 0.2) is 5.78 Å². The molecule has 3 aliphatic heterocycles. The van der Waals surface area contributed by atoms with Gasteiger partial charge in [0.1, 0.15) is 23.6 Å². The molecule has 180 valence electrons. The highest BCUT2D eigenvalue weighted by Crippen LogP contribution is 2.38. The van der Waals surface area contributed by atoms with Crippen LogP contribution < -0.4 is 10.2 Å². The Bertz CT molecular complexity index is 1100. The molecule has 0 radical (unpaired) electrons. The number of allylic oxidation sites excluding steroid dienone is 1. The number of likely N-dealkylation sites (tertiary alicyclic amines) is 1. The minimum absolute atomic E-state index is 0.0285. The van der Waals surface area contributed by atoms with Gasteiger partial charge in [-0.25, -0.2) is 14.8 Å². The monoisotopic (exact) mass is 486 g/mol. The summed E-state index contributed by atoms with van der Waals surface area (Å²) in [5.41, 5.74) is -0.511. The van der Waals surface area contributed by atoms with Crippen molar-refractivity contribution in [3.63, 3.8) is 0 Å². The molecule has 2 unspecified atom stereocenters. The molecule has 2 fully saturated rings. The Kier molecular flexibility index (Phi) is 5.72. The average Bonchev–Trinajstić information content (AvgIpc) is 3.29. The Hall–Kier alpha value is -3.12. The zero-order valence-electron chi connectivity index (χ0n) is 18.9. The van der Waals surface area contributed by atoms with Crippen molar-refractivity contribution in [1.29, 1.82) is 0 Å². The van der Waals surface area contributed by atoms with Crippen LogP contribution >= 0.6 is 11.5 Å². The molecule has 1 saturated carbocycles. The maximum atomic E-state index is 12.9. The quantitative estimate of drug-likeness (QED) is 0.516. The first-order valence-electron chi connectivity index (χ1n) is 11.3. The number of carboxylic acid groups (broad SMARTS) is 1. The first-order valence-corrected chi connectivity index (χ1v) is 12.1. The van der Waals surface area contributed by atoms with Crippen LogP contribution in [-0.2, 0) is 19.1 Å². The Morgan fingerprint density at radius 1 is 1.35 bits per heavy atom. The highest BCUT2D eigenvalue weighted by molar-refractivity contribution is 7.09. The van der Waals surface area contributed by atoms with Gasteiger partial charge in [0.05, 0.1) is 24.0 Å². The molecule has 12 heteroatoms. The lowest BCUT2D eigenvalue weighted by Gasteiger charge is -2.43. The van der Waals surface area contributed by atoms with E-state index in [0.717, 1.165) is 24.4 Å². The Morgan fingerprint density at radius 3 is 2.74 bits per heavy atom. The molecule has 0 aromatic carbocycles. The number of rotatable bonds is 8. The van der Waals surface area contributed by atoms with Gasteiger partial charge in [0, 0.05) is 37.4 Å². The number of anilines is 1. The number of aliphatic carboxylic acids is 1. The zero-order chi connectivity index (χ0) is 24.0. The van der Waals surface area contributed by atoms with Crippen LogP contribution in [-0.4, -0.2) is 74.7 Å². The van der Waals surface area contributed by atoms with E-state index in [2.05, 4.69) is 14.7 Å². The topological polar surface area (TPSA) is 137 Å². The number of nitrogens with one attached hydrogen (secondary N) is 1. The average molecular weight is 487 g/mol. The van der Waals surface area contributed by atoms with Gasteiger partial charge in [-0.1, -0.05) is 6.92 Å². The first-order chi connectivity index (χ1) is 16.3. The summed E-state index contributed by atoms with van der Waals surface area (Å²) < 4.78 is 9.51. The van der Waals surface area contributed by atoms with Crippen LogP contribution in [0.25, 0.3) is 0 Å². The third-order valence-corrected chi connectivity index (χ3v) is 7.35. The van der Waals surface area contributed by atoms with Crippen LogP contribution in [0.5, 0.6) is 0 Å². The van der Waals surface area contributed by atoms with Gasteiger partial charge in [-0.05, 0) is 31.8 Å². The highest BCUT2D eigenvalue weighted by Gasteiger charge is 2.48. The number of amides is 1. The van der Waals surface area contributed by atoms with E-state index in [9.17, 15) is 19.5 Å². The van der Waals surface area contributed by atoms with Gasteiger partial charge in [-0.2, -0.15) is 4.37 Å². The Balaban J connectivity index is 1.32. The zero-order valence-corrected chi connectivity index (χ0v) is 19.7. The van der Waals surface area contributed by atoms with E-state index in [4.69, 9.17) is 9.73 Å². The van der Waals surface area contributed by atoms with Crippen LogP contribution in [0.1, 0.15) is 26.7 Å². The number of carbonyl (C=O) groups excluding carboxylic acids is 2. The summed E-state index contributed by atoms with van der Waals surface area (Å²) in [5, 5.41) is 13.1. The molecule has 4 aliphatic rings. The van der Waals surface area contributed by atoms with E-state index in [-0.39, 0.29) is 28.9 Å². The molecule has 1 aromatic rings. The van der Waals surface area contributed by atoms with Crippen molar-refractivity contribution in [2.24, 2.45) is 22.7 Å². The van der Waals surface area contributed by atoms with Crippen molar-refractivity contribution in [3.05, 3.63) is 30.0 Å². The maximum Gasteiger partial charge on any atom is 0.340 e. The standard InChI is InChI=1S/C22H26N6O5S/c1-3-33-10-22(4-5-22)26-19(30)13-7-27(8-13)15-6-12(2)16-17(29)14(20(31)32)9-28(18(16)25-15)21-23-11-24-34-21/h6,9,11-13,16H,3-5,7-8,10H2,1-2H3,(H,26,30)(H,31,32). The van der Waals surface area contributed by atoms with Crippen molar-refractivity contribution in [2.75, 3.05) is 31.2 Å². The third kappa shape index (κ3) is 4.00. The van der Waals surface area contributed by atoms with Gasteiger partial charge in [0.2, 0.25) is 11.0 Å². The number of hydrogen-bond donors (Lipinski definition) is 2. The SMILES string of the molecule is CCOCC1(NC(=O)C2CN(C3=CC(C)C4C(=O)C(C(=O)O)=CN(c5ncns5)C4=N3)C2)CC1. The number of carboxylic acids is 1. The van der Waals surface area contributed by atoms with Crippen molar-refractivity contribution >= 4 is 40.2 Å². The number of Topliss-reactive ketones (excluding diaryl/α,β-unsaturated/α-hetero) is 1. The second-order valence-electron chi connectivity index (χ2n) is 9.15. The minimum Gasteiger partial charge on any atom is -0.478 e. The smallest absolute Gasteiger partial charge is 0.340 e. The van der Waals surface area contributed by atoms with E-state index < -0.39 is 17.7 Å². The van der Waals surface area contributed by atoms with Crippen molar-refractivity contribution < 1.29 is 24.2 Å². The second-order valence-corrected chi connectivity index (χ2v) is 9.90. The summed E-state index contributed by atoms with van der Waals surface area (Å²) in [6.07, 6.45) is 6.40. The number of amidine groups is 1. The van der Waals surface area contributed by atoms with Crippen LogP contribution in [0.3, 0.4) is 0 Å². The lowest BCUT2D eigenvalue weighted by Crippen LogP contribution is -2.56. The molecular weight excluding hydrogens is 460 g/mol. The van der Waals surface area contributed by atoms with Gasteiger partial charge in [-0.3, -0.25) is 14.5 Å². The normalized spacial score (nSPS) is 25.6. The fourth-order valence-electron chi connectivity index (χ4n) is 4.49. The van der Waals surface area contributed by atoms with E-state index in [1.54, 1.807) is 4.90 Å². The first kappa shape index (κ1) is 22.7. The molecule has 1 amide bonds. The van der Waals surface area contributed by atoms with E-state index in [1.165, 1.54) is 12.5 Å². The number of fused-ring (bicyclic) bond motifs is 1. The van der Waals surface area contributed by atoms with Gasteiger partial charge >= 0.3 is 5.97 Å². The summed E-state index contributed by atoms with van der Waals surface area (Å²) in [5.74, 6) is -1.76. The second kappa shape index (κ2) is 8.58. The number of carbonyl (C=O) groups is 3. The number of aromatic nitrogens is 2. The molecule has 2 atom stereocenters. The minimum atomic E-state index is -1.28. The Morgan fingerprint density at radius 2 is 2.12 bits per heavy atom. The lowest BCUT2D eigenvalue weighted by atomic mass is 9.81. The molecule has 2 N–H and O–H groups in total. The molecule has 5 rings (SSSR count). The van der Waals surface area contributed by atoms with Gasteiger partial charge in [-0.15, -0.1) is 0 Å². The number of ketones is 1. The Labute approximate surface area is 200 Å². The van der Waals surface area contributed by atoms with E-state index in [1.807, 2.05) is 24.8 Å². The van der Waals surface area contributed by atoms with Crippen LogP contribution in [0.15, 0.2) is 35.0 Å². The fourth-order valence-corrected chi connectivity index (χ4v) is 5.01. The molecule has 11 nitrogen and oxygen atoms in total. The number of ether oxygens (including phenoxy) is 1. The maximum absolute atomic E-state index is 12.9. The summed E-state index contributed by atoms with van der Waals surface area (Å²) in [6, 6.07) is 0. The predicted octanol–water partition coefficient (Wildman–Crippen LogP) is 1.02. The number of hydrogen-bond acceptors (Lipinski definition) is 10. The number of aliphatic imine (C=N–C) groups is 1. The molecule has 4 heterocycles. The van der Waals surface area contributed by atoms with E-state index in [0.29, 0.717) is 43.1 Å². The molecular formula is C22H26N6O5S. The molecule has 0 bridgehead atoms. The molecule has 1 aliphatic carbocycles. The number of nitrogens with zero attached hydrogens (tertiary/aromatic N) is 5. The highest BCUT2D eigenvalue weighted by atomic mass is 32.1. The summed E-state index contributed by atoms with van der Waals surface area (Å²) in [7, 11) is 0. The van der Waals surface area contributed by atoms with Gasteiger partial charge in [0.25, 0.3) is 0 Å². The molecule has 1 saturated heterocycles. The molecule has 0 spiro atoms. The van der Waals surface area contributed by atoms with Crippen LogP contribution in [0.2, 0.25) is 0 Å². The van der Waals surface area contributed by atoms with Crippen molar-refractivity contribution in [2.45, 2.75) is 32.2 Å². The summed E-state index contributed by atoms with van der Waals surface area (Å²) in [4.78, 5) is 49.8. The predicted molar refractivity (Wildman–Crippen MR) is 123 cm³/mol. The van der Waals surface area contributed by atoms with Crippen molar-refractivity contribution in [3.8, 4) is 0 Å².